The van der Waals surface area contributed by atoms with Gasteiger partial charge in [0.2, 0.25) is 0 Å². The van der Waals surface area contributed by atoms with E-state index >= 15 is 0 Å². The molecule has 0 bridgehead atoms. The van der Waals surface area contributed by atoms with Gasteiger partial charge in [-0.3, -0.25) is 0 Å². The topological polar surface area (TPSA) is 38.8 Å². The molecule has 1 saturated heterocycles. The summed E-state index contributed by atoms with van der Waals surface area (Å²) >= 11 is -2.08. The maximum atomic E-state index is 12.1. The summed E-state index contributed by atoms with van der Waals surface area (Å²) in [6.45, 7) is 9.95. The Labute approximate surface area is 108 Å². The fraction of sp³-hybridized carbons (Fsp3) is 0.923. The van der Waals surface area contributed by atoms with Gasteiger partial charge in [0.25, 0.3) is 0 Å². The van der Waals surface area contributed by atoms with Gasteiger partial charge in [-0.25, -0.2) is 0 Å². The van der Waals surface area contributed by atoms with Crippen molar-refractivity contribution in [3.8, 4) is 0 Å². The van der Waals surface area contributed by atoms with Gasteiger partial charge in [-0.15, -0.1) is 0 Å². The van der Waals surface area contributed by atoms with Gasteiger partial charge in [0.1, 0.15) is 0 Å². The Morgan fingerprint density at radius 2 is 1.76 bits per heavy atom. The van der Waals surface area contributed by atoms with Crippen LogP contribution >= 0.6 is 0 Å². The first-order valence-electron chi connectivity index (χ1n) is 6.32. The van der Waals surface area contributed by atoms with Crippen LogP contribution in [0.15, 0.2) is 0 Å². The molecule has 0 amide bonds. The van der Waals surface area contributed by atoms with Gasteiger partial charge in [0, 0.05) is 0 Å². The van der Waals surface area contributed by atoms with Crippen molar-refractivity contribution in [2.24, 2.45) is 5.92 Å². The van der Waals surface area contributed by atoms with Crippen LogP contribution in [-0.4, -0.2) is 35.4 Å². The summed E-state index contributed by atoms with van der Waals surface area (Å²) in [6.07, 6.45) is -0.332. The van der Waals surface area contributed by atoms with E-state index in [4.69, 9.17) is 9.47 Å². The van der Waals surface area contributed by atoms with Crippen molar-refractivity contribution in [2.75, 3.05) is 0 Å². The second-order valence-electron chi connectivity index (χ2n) is 7.23. The number of hydrogen-bond acceptors (Lipinski definition) is 3. The molecule has 0 aromatic heterocycles. The maximum absolute atomic E-state index is 12.1. The molecule has 1 heterocycles. The number of hydrogen-bond donors (Lipinski definition) is 0. The zero-order valence-corrected chi connectivity index (χ0v) is 14.5. The van der Waals surface area contributed by atoms with Crippen LogP contribution in [0.1, 0.15) is 34.6 Å². The van der Waals surface area contributed by atoms with Crippen molar-refractivity contribution in [1.82, 2.24) is 0 Å². The number of carbonyl (C=O) groups is 1. The molecule has 0 aromatic rings. The van der Waals surface area contributed by atoms with Crippen LogP contribution < -0.4 is 0 Å². The van der Waals surface area contributed by atoms with Gasteiger partial charge in [-0.2, -0.15) is 0 Å². The molecule has 1 aliphatic rings. The first kappa shape index (κ1) is 15.0. The number of esters is 1. The van der Waals surface area contributed by atoms with E-state index in [-0.39, 0.29) is 16.5 Å². The Kier molecular flexibility index (Phi) is 3.77. The van der Waals surface area contributed by atoms with Gasteiger partial charge >= 0.3 is 107 Å². The van der Waals surface area contributed by atoms with Crippen molar-refractivity contribution >= 4 is 19.2 Å². The Balaban J connectivity index is 2.82. The van der Waals surface area contributed by atoms with E-state index in [1.54, 1.807) is 0 Å². The number of ether oxygens (including phenoxy) is 2. The molecule has 0 radical (unpaired) electrons. The summed E-state index contributed by atoms with van der Waals surface area (Å²) in [4.78, 5) is 12.1. The molecule has 0 aliphatic carbocycles. The second kappa shape index (κ2) is 4.27. The summed E-state index contributed by atoms with van der Waals surface area (Å²) in [5, 5.41) is 0. The van der Waals surface area contributed by atoms with Crippen LogP contribution in [0.25, 0.3) is 0 Å². The Morgan fingerprint density at radius 3 is 2.00 bits per heavy atom. The van der Waals surface area contributed by atoms with Crippen molar-refractivity contribution in [2.45, 2.75) is 68.0 Å². The van der Waals surface area contributed by atoms with Crippen LogP contribution in [0.4, 0.5) is 0 Å². The average Bonchev–Trinajstić information content (AvgIpc) is 2.72. The third-order valence-electron chi connectivity index (χ3n) is 3.30. The molecule has 0 N–H and O–H groups in total. The molecule has 3 nitrogen and oxygen atoms in total. The number of carbonyl (C=O) groups excluding carboxylic acids is 1. The Hall–Kier alpha value is -0.0271. The van der Waals surface area contributed by atoms with E-state index in [0.29, 0.717) is 5.92 Å². The van der Waals surface area contributed by atoms with Crippen LogP contribution in [-0.2, 0) is 14.3 Å². The fourth-order valence-corrected chi connectivity index (χ4v) is 9.13. The summed E-state index contributed by atoms with van der Waals surface area (Å²) in [5.41, 5.74) is -0.434. The van der Waals surface area contributed by atoms with Crippen LogP contribution in [0.2, 0.25) is 17.3 Å². The van der Waals surface area contributed by atoms with Crippen LogP contribution in [0.5, 0.6) is 0 Å². The van der Waals surface area contributed by atoms with Gasteiger partial charge in [0.15, 0.2) is 0 Å². The summed E-state index contributed by atoms with van der Waals surface area (Å²) in [5.74, 6) is 7.07. The third-order valence-corrected chi connectivity index (χ3v) is 10.2. The first-order chi connectivity index (χ1) is 7.42. The second-order valence-corrected chi connectivity index (χ2v) is 18.3. The minimum atomic E-state index is -2.08. The number of rotatable bonds is 3. The minimum absolute atomic E-state index is 0.188. The summed E-state index contributed by atoms with van der Waals surface area (Å²) < 4.78 is 11.1. The molecule has 0 aromatic carbocycles. The van der Waals surface area contributed by atoms with Gasteiger partial charge in [-0.1, -0.05) is 0 Å². The molecule has 100 valence electrons. The van der Waals surface area contributed by atoms with E-state index < -0.39 is 18.9 Å². The van der Waals surface area contributed by atoms with E-state index in [1.165, 1.54) is 0 Å². The fourth-order valence-electron chi connectivity index (χ4n) is 2.61. The molecule has 2 atom stereocenters. The van der Waals surface area contributed by atoms with E-state index in [9.17, 15) is 4.79 Å². The van der Waals surface area contributed by atoms with Gasteiger partial charge in [-0.05, 0) is 0 Å². The molecule has 0 unspecified atom stereocenters. The molecule has 17 heavy (non-hydrogen) atoms. The van der Waals surface area contributed by atoms with Crippen molar-refractivity contribution in [3.05, 3.63) is 0 Å². The Bertz CT molecular complexity index is 312. The quantitative estimate of drug-likeness (QED) is 0.457. The van der Waals surface area contributed by atoms with Crippen molar-refractivity contribution in [3.63, 3.8) is 0 Å². The number of epoxide rings is 1. The summed E-state index contributed by atoms with van der Waals surface area (Å²) in [6, 6.07) is 0. The normalized spacial score (nSPS) is 29.4. The average molecular weight is 303 g/mol. The first-order valence-corrected chi connectivity index (χ1v) is 13.7. The molecule has 4 heteroatoms. The zero-order chi connectivity index (χ0) is 13.6. The predicted octanol–water partition coefficient (Wildman–Crippen LogP) is 3.00. The standard InChI is InChI=1S/C13H26GeO3/c1-9(2)13(14(6,7)8)10(16-13)11(15)17-12(3,4)5/h9-10H,1-8H3/t10-,13+/m1/s1. The molecule has 1 aliphatic heterocycles. The van der Waals surface area contributed by atoms with Gasteiger partial charge in [0.05, 0.1) is 0 Å². The van der Waals surface area contributed by atoms with Crippen molar-refractivity contribution < 1.29 is 14.3 Å². The van der Waals surface area contributed by atoms with Crippen LogP contribution in [0.3, 0.4) is 0 Å². The molecular formula is C13H26GeO3. The zero-order valence-electron chi connectivity index (χ0n) is 12.4. The van der Waals surface area contributed by atoms with E-state index in [0.717, 1.165) is 0 Å². The van der Waals surface area contributed by atoms with Gasteiger partial charge < -0.3 is 0 Å². The molecule has 1 rings (SSSR count). The predicted molar refractivity (Wildman–Crippen MR) is 71.6 cm³/mol. The molecule has 1 fully saturated rings. The monoisotopic (exact) mass is 304 g/mol. The third kappa shape index (κ3) is 2.87. The summed E-state index contributed by atoms with van der Waals surface area (Å²) in [7, 11) is 0. The van der Waals surface area contributed by atoms with Crippen LogP contribution in [0, 0.1) is 5.92 Å². The SMILES string of the molecule is CC(C)[C@]1([Ge]([CH3])([CH3])[CH3])O[C@@H]1C(=O)OC(C)(C)C. The molecular weight excluding hydrogens is 277 g/mol. The Morgan fingerprint density at radius 1 is 1.29 bits per heavy atom. The van der Waals surface area contributed by atoms with E-state index in [1.807, 2.05) is 20.8 Å². The molecule has 0 spiro atoms. The van der Waals surface area contributed by atoms with E-state index in [2.05, 4.69) is 31.1 Å². The molecule has 0 saturated carbocycles. The van der Waals surface area contributed by atoms with Crippen molar-refractivity contribution in [1.29, 1.82) is 0 Å².